The first kappa shape index (κ1) is 12.6. The molecule has 4 nitrogen and oxygen atoms in total. The predicted molar refractivity (Wildman–Crippen MR) is 70.0 cm³/mol. The molecule has 0 spiro atoms. The smallest absolute Gasteiger partial charge is 0.0539 e. The summed E-state index contributed by atoms with van der Waals surface area (Å²) in [5, 5.41) is 8.07. The Morgan fingerprint density at radius 2 is 2.24 bits per heavy atom. The highest BCUT2D eigenvalue weighted by atomic mass is 15.3. The maximum atomic E-state index is 4.51. The van der Waals surface area contributed by atoms with Crippen molar-refractivity contribution in [1.82, 2.24) is 20.0 Å². The van der Waals surface area contributed by atoms with Crippen molar-refractivity contribution in [2.24, 2.45) is 0 Å². The van der Waals surface area contributed by atoms with Gasteiger partial charge in [0.1, 0.15) is 0 Å². The highest BCUT2D eigenvalue weighted by Gasteiger charge is 2.21. The lowest BCUT2D eigenvalue weighted by Gasteiger charge is -2.12. The van der Waals surface area contributed by atoms with Crippen LogP contribution in [0.3, 0.4) is 0 Å². The molecule has 0 aromatic carbocycles. The topological polar surface area (TPSA) is 33.1 Å². The summed E-state index contributed by atoms with van der Waals surface area (Å²) < 4.78 is 2.16. The van der Waals surface area contributed by atoms with E-state index in [2.05, 4.69) is 41.0 Å². The molecule has 0 radical (unpaired) electrons. The van der Waals surface area contributed by atoms with Gasteiger partial charge < -0.3 is 10.2 Å². The molecule has 17 heavy (non-hydrogen) atoms. The van der Waals surface area contributed by atoms with Crippen molar-refractivity contribution in [3.05, 3.63) is 17.5 Å². The Bertz CT molecular complexity index is 329. The molecule has 0 aliphatic heterocycles. The number of nitrogens with zero attached hydrogens (tertiary/aromatic N) is 3. The SMILES string of the molecule is CCc1c(CNC2CC2)cnn1CCN(C)C. The van der Waals surface area contributed by atoms with Crippen molar-refractivity contribution >= 4 is 0 Å². The van der Waals surface area contributed by atoms with E-state index in [9.17, 15) is 0 Å². The predicted octanol–water partition coefficient (Wildman–Crippen LogP) is 1.26. The van der Waals surface area contributed by atoms with Gasteiger partial charge >= 0.3 is 0 Å². The largest absolute Gasteiger partial charge is 0.310 e. The molecule has 1 aromatic rings. The van der Waals surface area contributed by atoms with Gasteiger partial charge in [-0.2, -0.15) is 5.10 Å². The molecule has 0 amide bonds. The molecule has 96 valence electrons. The molecule has 0 unspecified atom stereocenters. The molecule has 1 heterocycles. The first-order chi connectivity index (χ1) is 8.20. The van der Waals surface area contributed by atoms with Crippen LogP contribution < -0.4 is 5.32 Å². The number of hydrogen-bond donors (Lipinski definition) is 1. The Morgan fingerprint density at radius 3 is 2.82 bits per heavy atom. The molecule has 0 atom stereocenters. The molecule has 2 rings (SSSR count). The molecular weight excluding hydrogens is 212 g/mol. The van der Waals surface area contributed by atoms with Crippen molar-refractivity contribution in [2.45, 2.75) is 45.3 Å². The molecule has 1 saturated carbocycles. The summed E-state index contributed by atoms with van der Waals surface area (Å²) in [6.07, 6.45) is 5.78. The van der Waals surface area contributed by atoms with Crippen LogP contribution in [0.4, 0.5) is 0 Å². The van der Waals surface area contributed by atoms with Gasteiger partial charge in [-0.15, -0.1) is 0 Å². The second kappa shape index (κ2) is 5.65. The third kappa shape index (κ3) is 3.54. The van der Waals surface area contributed by atoms with Crippen LogP contribution >= 0.6 is 0 Å². The fourth-order valence-corrected chi connectivity index (χ4v) is 2.04. The summed E-state index contributed by atoms with van der Waals surface area (Å²) in [7, 11) is 4.20. The minimum atomic E-state index is 0.768. The standard InChI is InChI=1S/C13H24N4/c1-4-13-11(9-14-12-5-6-12)10-15-17(13)8-7-16(2)3/h10,12,14H,4-9H2,1-3H3. The second-order valence-electron chi connectivity index (χ2n) is 5.15. The van der Waals surface area contributed by atoms with E-state index in [1.165, 1.54) is 24.1 Å². The van der Waals surface area contributed by atoms with Crippen LogP contribution in [0.25, 0.3) is 0 Å². The fourth-order valence-electron chi connectivity index (χ4n) is 2.04. The number of rotatable bonds is 7. The van der Waals surface area contributed by atoms with E-state index in [0.29, 0.717) is 0 Å². The van der Waals surface area contributed by atoms with Gasteiger partial charge in [-0.05, 0) is 33.4 Å². The van der Waals surface area contributed by atoms with E-state index in [0.717, 1.165) is 32.1 Å². The Kier molecular flexibility index (Phi) is 4.18. The van der Waals surface area contributed by atoms with Crippen LogP contribution in [0, 0.1) is 0 Å². The third-order valence-electron chi connectivity index (χ3n) is 3.29. The normalized spacial score (nSPS) is 15.8. The van der Waals surface area contributed by atoms with Crippen LogP contribution in [0.15, 0.2) is 6.20 Å². The first-order valence-corrected chi connectivity index (χ1v) is 6.62. The van der Waals surface area contributed by atoms with Gasteiger partial charge in [0.2, 0.25) is 0 Å². The summed E-state index contributed by atoms with van der Waals surface area (Å²) in [4.78, 5) is 2.20. The van der Waals surface area contributed by atoms with Gasteiger partial charge in [-0.3, -0.25) is 4.68 Å². The fraction of sp³-hybridized carbons (Fsp3) is 0.769. The van der Waals surface area contributed by atoms with Gasteiger partial charge in [0.05, 0.1) is 12.7 Å². The number of nitrogens with one attached hydrogen (secondary N) is 1. The molecule has 1 aromatic heterocycles. The highest BCUT2D eigenvalue weighted by molar-refractivity contribution is 5.18. The van der Waals surface area contributed by atoms with Crippen LogP contribution in [-0.4, -0.2) is 41.4 Å². The van der Waals surface area contributed by atoms with Crippen molar-refractivity contribution in [3.8, 4) is 0 Å². The number of aromatic nitrogens is 2. The summed E-state index contributed by atoms with van der Waals surface area (Å²) >= 11 is 0. The molecule has 1 aliphatic rings. The third-order valence-corrected chi connectivity index (χ3v) is 3.29. The molecule has 1 N–H and O–H groups in total. The van der Waals surface area contributed by atoms with Gasteiger partial charge in [-0.25, -0.2) is 0 Å². The molecule has 0 saturated heterocycles. The molecule has 0 bridgehead atoms. The van der Waals surface area contributed by atoms with E-state index < -0.39 is 0 Å². The Morgan fingerprint density at radius 1 is 1.47 bits per heavy atom. The van der Waals surface area contributed by atoms with Crippen molar-refractivity contribution in [3.63, 3.8) is 0 Å². The minimum absolute atomic E-state index is 0.768. The van der Waals surface area contributed by atoms with Crippen LogP contribution in [0.2, 0.25) is 0 Å². The zero-order valence-electron chi connectivity index (χ0n) is 11.2. The van der Waals surface area contributed by atoms with Crippen molar-refractivity contribution < 1.29 is 0 Å². The lowest BCUT2D eigenvalue weighted by Crippen LogP contribution is -2.21. The summed E-state index contributed by atoms with van der Waals surface area (Å²) in [5.41, 5.74) is 2.76. The lowest BCUT2D eigenvalue weighted by atomic mass is 10.2. The molecular formula is C13H24N4. The van der Waals surface area contributed by atoms with E-state index >= 15 is 0 Å². The molecule has 1 fully saturated rings. The van der Waals surface area contributed by atoms with Crippen molar-refractivity contribution in [1.29, 1.82) is 0 Å². The minimum Gasteiger partial charge on any atom is -0.310 e. The summed E-state index contributed by atoms with van der Waals surface area (Å²) in [6.45, 7) is 5.23. The quantitative estimate of drug-likeness (QED) is 0.773. The van der Waals surface area contributed by atoms with Gasteiger partial charge in [0.25, 0.3) is 0 Å². The second-order valence-corrected chi connectivity index (χ2v) is 5.15. The molecule has 4 heteroatoms. The van der Waals surface area contributed by atoms with E-state index in [1.807, 2.05) is 6.20 Å². The van der Waals surface area contributed by atoms with E-state index in [1.54, 1.807) is 0 Å². The summed E-state index contributed by atoms with van der Waals surface area (Å²) in [5.74, 6) is 0. The average Bonchev–Trinajstić information content (AvgIpc) is 3.04. The summed E-state index contributed by atoms with van der Waals surface area (Å²) in [6, 6.07) is 0.768. The van der Waals surface area contributed by atoms with E-state index in [4.69, 9.17) is 0 Å². The number of likely N-dealkylation sites (N-methyl/N-ethyl adjacent to an activating group) is 1. The monoisotopic (exact) mass is 236 g/mol. The average molecular weight is 236 g/mol. The lowest BCUT2D eigenvalue weighted by molar-refractivity contribution is 0.369. The van der Waals surface area contributed by atoms with Crippen molar-refractivity contribution in [2.75, 3.05) is 20.6 Å². The maximum Gasteiger partial charge on any atom is 0.0539 e. The highest BCUT2D eigenvalue weighted by Crippen LogP contribution is 2.20. The van der Waals surface area contributed by atoms with Gasteiger partial charge in [0.15, 0.2) is 0 Å². The zero-order valence-corrected chi connectivity index (χ0v) is 11.2. The first-order valence-electron chi connectivity index (χ1n) is 6.62. The Hall–Kier alpha value is -0.870. The van der Waals surface area contributed by atoms with Crippen LogP contribution in [0.5, 0.6) is 0 Å². The zero-order chi connectivity index (χ0) is 12.3. The van der Waals surface area contributed by atoms with Gasteiger partial charge in [-0.1, -0.05) is 6.92 Å². The Labute approximate surface area is 104 Å². The molecule has 1 aliphatic carbocycles. The van der Waals surface area contributed by atoms with Crippen LogP contribution in [-0.2, 0) is 19.5 Å². The number of hydrogen-bond acceptors (Lipinski definition) is 3. The van der Waals surface area contributed by atoms with E-state index in [-0.39, 0.29) is 0 Å². The maximum absolute atomic E-state index is 4.51. The van der Waals surface area contributed by atoms with Gasteiger partial charge in [0, 0.05) is 30.4 Å². The Balaban J connectivity index is 1.95. The van der Waals surface area contributed by atoms with Crippen LogP contribution in [0.1, 0.15) is 31.0 Å².